The first-order chi connectivity index (χ1) is 9.29. The minimum Gasteiger partial charge on any atom is -0.494 e. The Morgan fingerprint density at radius 1 is 1.37 bits per heavy atom. The molecule has 2 N–H and O–H groups in total. The summed E-state index contributed by atoms with van der Waals surface area (Å²) in [4.78, 5) is 2.57. The second kappa shape index (κ2) is 7.78. The third-order valence-electron chi connectivity index (χ3n) is 3.52. The van der Waals surface area contributed by atoms with Crippen molar-refractivity contribution >= 4 is 11.8 Å². The van der Waals surface area contributed by atoms with Crippen LogP contribution in [0.1, 0.15) is 18.9 Å². The lowest BCUT2D eigenvalue weighted by atomic mass is 10.2. The number of hydrogen-bond donors (Lipinski definition) is 1. The Balaban J connectivity index is 1.65. The molecule has 4 heteroatoms. The van der Waals surface area contributed by atoms with Gasteiger partial charge in [0.25, 0.3) is 0 Å². The Hall–Kier alpha value is -0.710. The average molecular weight is 280 g/mol. The second-order valence-corrected chi connectivity index (χ2v) is 6.16. The lowest BCUT2D eigenvalue weighted by Crippen LogP contribution is -2.41. The number of nitrogens with zero attached hydrogens (tertiary/aromatic N) is 1. The molecular weight excluding hydrogens is 256 g/mol. The summed E-state index contributed by atoms with van der Waals surface area (Å²) in [6.07, 6.45) is 1.09. The number of hydrogen-bond acceptors (Lipinski definition) is 4. The van der Waals surface area contributed by atoms with Gasteiger partial charge in [0.05, 0.1) is 6.61 Å². The van der Waals surface area contributed by atoms with Crippen LogP contribution in [0, 0.1) is 0 Å². The van der Waals surface area contributed by atoms with Gasteiger partial charge in [-0.3, -0.25) is 4.90 Å². The lowest BCUT2D eigenvalue weighted by molar-refractivity contribution is 0.206. The van der Waals surface area contributed by atoms with Crippen LogP contribution in [0.15, 0.2) is 24.3 Å². The minimum atomic E-state index is 0.588. The van der Waals surface area contributed by atoms with Gasteiger partial charge in [0.2, 0.25) is 0 Å². The second-order valence-electron chi connectivity index (χ2n) is 5.01. The zero-order chi connectivity index (χ0) is 13.5. The van der Waals surface area contributed by atoms with Gasteiger partial charge in [0.1, 0.15) is 5.75 Å². The molecule has 1 aliphatic heterocycles. The molecule has 1 atom stereocenters. The molecule has 1 aromatic carbocycles. The van der Waals surface area contributed by atoms with E-state index >= 15 is 0 Å². The molecule has 1 unspecified atom stereocenters. The van der Waals surface area contributed by atoms with E-state index in [4.69, 9.17) is 10.5 Å². The Kier molecular flexibility index (Phi) is 6.01. The molecule has 1 aliphatic rings. The van der Waals surface area contributed by atoms with Crippen molar-refractivity contribution in [2.75, 3.05) is 31.2 Å². The van der Waals surface area contributed by atoms with E-state index in [-0.39, 0.29) is 0 Å². The van der Waals surface area contributed by atoms with Crippen molar-refractivity contribution < 1.29 is 4.74 Å². The van der Waals surface area contributed by atoms with Crippen LogP contribution in [0.3, 0.4) is 0 Å². The highest BCUT2D eigenvalue weighted by atomic mass is 32.2. The summed E-state index contributed by atoms with van der Waals surface area (Å²) in [5, 5.41) is 0. The summed E-state index contributed by atoms with van der Waals surface area (Å²) in [7, 11) is 0. The first-order valence-electron chi connectivity index (χ1n) is 7.03. The van der Waals surface area contributed by atoms with Crippen molar-refractivity contribution in [1.82, 2.24) is 4.90 Å². The predicted octanol–water partition coefficient (Wildman–Crippen LogP) is 2.35. The highest BCUT2D eigenvalue weighted by molar-refractivity contribution is 7.99. The Morgan fingerprint density at radius 2 is 2.16 bits per heavy atom. The van der Waals surface area contributed by atoms with E-state index in [0.29, 0.717) is 12.6 Å². The standard InChI is InChI=1S/C15H24N2OS/c1-13-12-19-10-8-17(13)7-2-9-18-15-5-3-14(11-16)4-6-15/h3-6,13H,2,7-12,16H2,1H3. The molecule has 1 aromatic rings. The number of nitrogens with two attached hydrogens (primary N) is 1. The molecule has 19 heavy (non-hydrogen) atoms. The van der Waals surface area contributed by atoms with Crippen LogP contribution in [0.25, 0.3) is 0 Å². The van der Waals surface area contributed by atoms with Gasteiger partial charge in [-0.15, -0.1) is 0 Å². The van der Waals surface area contributed by atoms with Crippen LogP contribution in [0.4, 0.5) is 0 Å². The summed E-state index contributed by atoms with van der Waals surface area (Å²) in [5.41, 5.74) is 6.71. The van der Waals surface area contributed by atoms with Gasteiger partial charge in [-0.1, -0.05) is 12.1 Å². The monoisotopic (exact) mass is 280 g/mol. The van der Waals surface area contributed by atoms with Crippen LogP contribution in [0.5, 0.6) is 5.75 Å². The van der Waals surface area contributed by atoms with Crippen LogP contribution in [0.2, 0.25) is 0 Å². The van der Waals surface area contributed by atoms with E-state index < -0.39 is 0 Å². The molecular formula is C15H24N2OS. The summed E-state index contributed by atoms with van der Waals surface area (Å²) in [6.45, 7) is 6.06. The predicted molar refractivity (Wildman–Crippen MR) is 82.8 cm³/mol. The number of thioether (sulfide) groups is 1. The summed E-state index contributed by atoms with van der Waals surface area (Å²) in [6, 6.07) is 8.77. The third-order valence-corrected chi connectivity index (χ3v) is 4.71. The number of ether oxygens (including phenoxy) is 1. The fraction of sp³-hybridized carbons (Fsp3) is 0.600. The maximum absolute atomic E-state index is 5.76. The van der Waals surface area contributed by atoms with E-state index in [1.807, 2.05) is 24.3 Å². The summed E-state index contributed by atoms with van der Waals surface area (Å²) in [5.74, 6) is 3.48. The maximum Gasteiger partial charge on any atom is 0.119 e. The fourth-order valence-corrected chi connectivity index (χ4v) is 3.36. The summed E-state index contributed by atoms with van der Waals surface area (Å²) >= 11 is 2.06. The first kappa shape index (κ1) is 14.7. The Labute approximate surface area is 120 Å². The molecule has 1 heterocycles. The molecule has 0 radical (unpaired) electrons. The first-order valence-corrected chi connectivity index (χ1v) is 8.18. The van der Waals surface area contributed by atoms with Crippen molar-refractivity contribution in [2.24, 2.45) is 5.73 Å². The lowest BCUT2D eigenvalue weighted by Gasteiger charge is -2.32. The Morgan fingerprint density at radius 3 is 2.84 bits per heavy atom. The number of rotatable bonds is 6. The van der Waals surface area contributed by atoms with E-state index in [2.05, 4.69) is 23.6 Å². The van der Waals surface area contributed by atoms with Gasteiger partial charge < -0.3 is 10.5 Å². The van der Waals surface area contributed by atoms with Gasteiger partial charge in [-0.25, -0.2) is 0 Å². The van der Waals surface area contributed by atoms with Crippen LogP contribution >= 0.6 is 11.8 Å². The zero-order valence-electron chi connectivity index (χ0n) is 11.7. The highest BCUT2D eigenvalue weighted by Gasteiger charge is 2.17. The molecule has 0 bridgehead atoms. The van der Waals surface area contributed by atoms with Crippen molar-refractivity contribution in [3.8, 4) is 5.75 Å². The Bertz CT molecular complexity index is 369. The minimum absolute atomic E-state index is 0.588. The molecule has 3 nitrogen and oxygen atoms in total. The van der Waals surface area contributed by atoms with Gasteiger partial charge in [0, 0.05) is 37.2 Å². The SMILES string of the molecule is CC1CSCCN1CCCOc1ccc(CN)cc1. The van der Waals surface area contributed by atoms with E-state index in [0.717, 1.165) is 30.9 Å². The average Bonchev–Trinajstić information content (AvgIpc) is 2.46. The van der Waals surface area contributed by atoms with Crippen LogP contribution < -0.4 is 10.5 Å². The van der Waals surface area contributed by atoms with E-state index in [1.54, 1.807) is 0 Å². The van der Waals surface area contributed by atoms with E-state index in [1.165, 1.54) is 18.1 Å². The van der Waals surface area contributed by atoms with E-state index in [9.17, 15) is 0 Å². The smallest absolute Gasteiger partial charge is 0.119 e. The fourth-order valence-electron chi connectivity index (χ4n) is 2.27. The molecule has 106 valence electrons. The molecule has 0 spiro atoms. The third kappa shape index (κ3) is 4.71. The topological polar surface area (TPSA) is 38.5 Å². The van der Waals surface area contributed by atoms with Gasteiger partial charge in [-0.2, -0.15) is 11.8 Å². The largest absolute Gasteiger partial charge is 0.494 e. The number of benzene rings is 1. The van der Waals surface area contributed by atoms with Crippen molar-refractivity contribution in [3.05, 3.63) is 29.8 Å². The highest BCUT2D eigenvalue weighted by Crippen LogP contribution is 2.16. The summed E-state index contributed by atoms with van der Waals surface area (Å²) < 4.78 is 5.76. The molecule has 0 aliphatic carbocycles. The van der Waals surface area contributed by atoms with Crippen LogP contribution in [-0.4, -0.2) is 42.1 Å². The molecule has 1 saturated heterocycles. The molecule has 0 saturated carbocycles. The van der Waals surface area contributed by atoms with Crippen molar-refractivity contribution in [3.63, 3.8) is 0 Å². The molecule has 1 fully saturated rings. The molecule has 0 aromatic heterocycles. The van der Waals surface area contributed by atoms with Crippen molar-refractivity contribution in [2.45, 2.75) is 25.9 Å². The molecule has 2 rings (SSSR count). The zero-order valence-corrected chi connectivity index (χ0v) is 12.5. The normalized spacial score (nSPS) is 20.4. The van der Waals surface area contributed by atoms with Gasteiger partial charge >= 0.3 is 0 Å². The van der Waals surface area contributed by atoms with Gasteiger partial charge in [-0.05, 0) is 31.0 Å². The van der Waals surface area contributed by atoms with Gasteiger partial charge in [0.15, 0.2) is 0 Å². The molecule has 0 amide bonds. The van der Waals surface area contributed by atoms with Crippen molar-refractivity contribution in [1.29, 1.82) is 0 Å². The quantitative estimate of drug-likeness (QED) is 0.812. The maximum atomic E-state index is 5.76. The van der Waals surface area contributed by atoms with Crippen LogP contribution in [-0.2, 0) is 6.54 Å².